The van der Waals surface area contributed by atoms with E-state index in [1.165, 1.54) is 19.4 Å². The summed E-state index contributed by atoms with van der Waals surface area (Å²) in [6.07, 6.45) is 1.76. The van der Waals surface area contributed by atoms with Crippen LogP contribution in [-0.4, -0.2) is 42.4 Å². The number of aryl methyl sites for hydroxylation is 1. The number of carbonyl (C=O) groups is 1. The average Bonchev–Trinajstić information content (AvgIpc) is 2.29. The van der Waals surface area contributed by atoms with Crippen LogP contribution in [-0.2, 0) is 4.74 Å². The Balaban J connectivity index is 2.77. The number of aromatic nitrogens is 1. The first kappa shape index (κ1) is 14.4. The minimum atomic E-state index is -0.466. The zero-order valence-corrected chi connectivity index (χ0v) is 10.5. The topological polar surface area (TPSA) is 91.4 Å². The number of aliphatic hydroxyl groups is 1. The summed E-state index contributed by atoms with van der Waals surface area (Å²) in [6.45, 7) is 1.97. The Bertz CT molecular complexity index is 450. The third kappa shape index (κ3) is 3.97. The second-order valence-electron chi connectivity index (χ2n) is 4.03. The second-order valence-corrected chi connectivity index (χ2v) is 4.03. The van der Waals surface area contributed by atoms with Crippen molar-refractivity contribution in [2.75, 3.05) is 20.3 Å². The molecular formula is C12H18N2O4. The molecule has 1 unspecified atom stereocenters. The highest BCUT2D eigenvalue weighted by Crippen LogP contribution is 1.97. The predicted octanol–water partition coefficient (Wildman–Crippen LogP) is -0.189. The van der Waals surface area contributed by atoms with Crippen LogP contribution in [0.5, 0.6) is 0 Å². The van der Waals surface area contributed by atoms with Crippen LogP contribution in [0.15, 0.2) is 17.1 Å². The van der Waals surface area contributed by atoms with Crippen LogP contribution >= 0.6 is 0 Å². The molecule has 0 aliphatic heterocycles. The lowest BCUT2D eigenvalue weighted by atomic mass is 10.2. The average molecular weight is 254 g/mol. The highest BCUT2D eigenvalue weighted by Gasteiger charge is 2.15. The first-order valence-corrected chi connectivity index (χ1v) is 5.68. The van der Waals surface area contributed by atoms with Crippen molar-refractivity contribution in [2.24, 2.45) is 0 Å². The predicted molar refractivity (Wildman–Crippen MR) is 66.6 cm³/mol. The summed E-state index contributed by atoms with van der Waals surface area (Å²) >= 11 is 0. The number of methoxy groups -OCH3 is 1. The highest BCUT2D eigenvalue weighted by molar-refractivity contribution is 5.93. The number of rotatable bonds is 6. The monoisotopic (exact) mass is 254 g/mol. The molecule has 100 valence electrons. The van der Waals surface area contributed by atoms with E-state index in [4.69, 9.17) is 9.84 Å². The van der Waals surface area contributed by atoms with E-state index in [-0.39, 0.29) is 30.2 Å². The smallest absolute Gasteiger partial charge is 0.257 e. The molecule has 0 saturated heterocycles. The normalized spacial score (nSPS) is 12.2. The maximum atomic E-state index is 11.9. The van der Waals surface area contributed by atoms with Crippen LogP contribution in [0.1, 0.15) is 22.5 Å². The Labute approximate surface area is 105 Å². The molecule has 0 aliphatic rings. The van der Waals surface area contributed by atoms with Gasteiger partial charge in [0, 0.05) is 31.7 Å². The maximum absolute atomic E-state index is 11.9. The Morgan fingerprint density at radius 3 is 2.89 bits per heavy atom. The van der Waals surface area contributed by atoms with E-state index in [0.29, 0.717) is 12.1 Å². The van der Waals surface area contributed by atoms with Crippen molar-refractivity contribution in [3.05, 3.63) is 33.7 Å². The van der Waals surface area contributed by atoms with Gasteiger partial charge in [0.25, 0.3) is 5.91 Å². The summed E-state index contributed by atoms with van der Waals surface area (Å²) < 4.78 is 4.93. The molecule has 6 nitrogen and oxygen atoms in total. The van der Waals surface area contributed by atoms with E-state index in [2.05, 4.69) is 10.3 Å². The SMILES string of the molecule is COCC(CCO)NC(=O)c1c[nH]c(C)cc1=O. The van der Waals surface area contributed by atoms with Crippen LogP contribution in [0.3, 0.4) is 0 Å². The van der Waals surface area contributed by atoms with Gasteiger partial charge in [0.2, 0.25) is 0 Å². The number of hydrogen-bond donors (Lipinski definition) is 3. The van der Waals surface area contributed by atoms with Gasteiger partial charge in [-0.2, -0.15) is 0 Å². The van der Waals surface area contributed by atoms with Crippen molar-refractivity contribution >= 4 is 5.91 Å². The fourth-order valence-electron chi connectivity index (χ4n) is 1.57. The molecule has 1 heterocycles. The number of aliphatic hydroxyl groups excluding tert-OH is 1. The Morgan fingerprint density at radius 2 is 2.33 bits per heavy atom. The molecule has 1 atom stereocenters. The Morgan fingerprint density at radius 1 is 1.61 bits per heavy atom. The van der Waals surface area contributed by atoms with E-state index < -0.39 is 5.91 Å². The van der Waals surface area contributed by atoms with Crippen molar-refractivity contribution in [1.29, 1.82) is 0 Å². The van der Waals surface area contributed by atoms with Gasteiger partial charge in [-0.25, -0.2) is 0 Å². The van der Waals surface area contributed by atoms with Crippen LogP contribution in [0, 0.1) is 6.92 Å². The van der Waals surface area contributed by atoms with Gasteiger partial charge in [0.05, 0.1) is 12.6 Å². The number of H-pyrrole nitrogens is 1. The van der Waals surface area contributed by atoms with Gasteiger partial charge in [0.15, 0.2) is 5.43 Å². The number of pyridine rings is 1. The van der Waals surface area contributed by atoms with E-state index in [9.17, 15) is 9.59 Å². The van der Waals surface area contributed by atoms with Crippen molar-refractivity contribution < 1.29 is 14.6 Å². The fourth-order valence-corrected chi connectivity index (χ4v) is 1.57. The number of ether oxygens (including phenoxy) is 1. The van der Waals surface area contributed by atoms with Gasteiger partial charge >= 0.3 is 0 Å². The molecule has 1 aromatic heterocycles. The molecule has 0 radical (unpaired) electrons. The summed E-state index contributed by atoms with van der Waals surface area (Å²) in [4.78, 5) is 26.3. The maximum Gasteiger partial charge on any atom is 0.257 e. The molecule has 3 N–H and O–H groups in total. The molecule has 1 amide bonds. The van der Waals surface area contributed by atoms with Crippen LogP contribution in [0.4, 0.5) is 0 Å². The highest BCUT2D eigenvalue weighted by atomic mass is 16.5. The number of aromatic amines is 1. The zero-order valence-electron chi connectivity index (χ0n) is 10.5. The van der Waals surface area contributed by atoms with E-state index in [1.54, 1.807) is 6.92 Å². The van der Waals surface area contributed by atoms with Gasteiger partial charge < -0.3 is 20.1 Å². The lowest BCUT2D eigenvalue weighted by Crippen LogP contribution is -2.40. The van der Waals surface area contributed by atoms with Crippen molar-refractivity contribution in [2.45, 2.75) is 19.4 Å². The summed E-state index contributed by atoms with van der Waals surface area (Å²) in [5.74, 6) is -0.466. The van der Waals surface area contributed by atoms with Crippen LogP contribution in [0.25, 0.3) is 0 Å². The molecule has 0 bridgehead atoms. The number of hydrogen-bond acceptors (Lipinski definition) is 4. The molecular weight excluding hydrogens is 236 g/mol. The third-order valence-electron chi connectivity index (χ3n) is 2.48. The second kappa shape index (κ2) is 6.93. The third-order valence-corrected chi connectivity index (χ3v) is 2.48. The molecule has 0 spiro atoms. The Hall–Kier alpha value is -1.66. The molecule has 1 rings (SSSR count). The lowest BCUT2D eigenvalue weighted by Gasteiger charge is -2.16. The molecule has 0 saturated carbocycles. The number of carbonyl (C=O) groups excluding carboxylic acids is 1. The lowest BCUT2D eigenvalue weighted by molar-refractivity contribution is 0.0877. The molecule has 0 fully saturated rings. The first-order valence-electron chi connectivity index (χ1n) is 5.68. The van der Waals surface area contributed by atoms with Crippen molar-refractivity contribution in [1.82, 2.24) is 10.3 Å². The molecule has 18 heavy (non-hydrogen) atoms. The van der Waals surface area contributed by atoms with Crippen LogP contribution in [0.2, 0.25) is 0 Å². The zero-order chi connectivity index (χ0) is 13.5. The summed E-state index contributed by atoms with van der Waals surface area (Å²) in [6, 6.07) is 1.06. The number of amides is 1. The minimum Gasteiger partial charge on any atom is -0.396 e. The number of nitrogens with one attached hydrogen (secondary N) is 2. The molecule has 6 heteroatoms. The van der Waals surface area contributed by atoms with Gasteiger partial charge in [-0.3, -0.25) is 9.59 Å². The van der Waals surface area contributed by atoms with E-state index >= 15 is 0 Å². The summed E-state index contributed by atoms with van der Waals surface area (Å²) in [5.41, 5.74) is 0.420. The standard InChI is InChI=1S/C12H18N2O4/c1-8-5-11(16)10(6-13-8)12(17)14-9(3-4-15)7-18-2/h5-6,9,15H,3-4,7H2,1-2H3,(H,13,16)(H,14,17). The first-order chi connectivity index (χ1) is 8.58. The quantitative estimate of drug-likeness (QED) is 0.656. The van der Waals surface area contributed by atoms with Gasteiger partial charge in [-0.15, -0.1) is 0 Å². The summed E-state index contributed by atoms with van der Waals surface area (Å²) in [7, 11) is 1.51. The molecule has 0 aliphatic carbocycles. The Kier molecular flexibility index (Phi) is 5.54. The summed E-state index contributed by atoms with van der Waals surface area (Å²) in [5, 5.41) is 11.5. The van der Waals surface area contributed by atoms with Crippen molar-refractivity contribution in [3.63, 3.8) is 0 Å². The van der Waals surface area contributed by atoms with E-state index in [1.807, 2.05) is 0 Å². The minimum absolute atomic E-state index is 0.0552. The fraction of sp³-hybridized carbons (Fsp3) is 0.500. The van der Waals surface area contributed by atoms with Gasteiger partial charge in [-0.05, 0) is 13.3 Å². The van der Waals surface area contributed by atoms with E-state index in [0.717, 1.165) is 0 Å². The van der Waals surface area contributed by atoms with Crippen molar-refractivity contribution in [3.8, 4) is 0 Å². The largest absolute Gasteiger partial charge is 0.396 e. The van der Waals surface area contributed by atoms with Crippen LogP contribution < -0.4 is 10.7 Å². The van der Waals surface area contributed by atoms with Gasteiger partial charge in [0.1, 0.15) is 5.56 Å². The molecule has 0 aromatic carbocycles. The van der Waals surface area contributed by atoms with Gasteiger partial charge in [-0.1, -0.05) is 0 Å². The molecule has 1 aromatic rings.